The molecule has 0 unspecified atom stereocenters. The standard InChI is InChI=1S/C17H21N3O3/c21-15(19-11-14-7-4-10-23-14)12-20-9-8-18-17(20)16(22)13-5-2-1-3-6-13/h1-3,5-6,8-9,14,16,22H,4,7,10-12H2,(H,19,21)/t14-,16-/m1/s1. The van der Waals surface area contributed by atoms with E-state index in [4.69, 9.17) is 4.74 Å². The third-order valence-corrected chi connectivity index (χ3v) is 3.97. The van der Waals surface area contributed by atoms with Crippen LogP contribution in [0.2, 0.25) is 0 Å². The van der Waals surface area contributed by atoms with Crippen molar-refractivity contribution in [2.45, 2.75) is 31.6 Å². The molecule has 0 bridgehead atoms. The van der Waals surface area contributed by atoms with Crippen molar-refractivity contribution in [2.24, 2.45) is 0 Å². The van der Waals surface area contributed by atoms with Crippen molar-refractivity contribution in [1.82, 2.24) is 14.9 Å². The predicted octanol–water partition coefficient (Wildman–Crippen LogP) is 1.26. The fraction of sp³-hybridized carbons (Fsp3) is 0.412. The van der Waals surface area contributed by atoms with E-state index in [1.807, 2.05) is 30.3 Å². The Morgan fingerprint density at radius 1 is 1.43 bits per heavy atom. The molecule has 1 aliphatic heterocycles. The van der Waals surface area contributed by atoms with E-state index >= 15 is 0 Å². The van der Waals surface area contributed by atoms with E-state index in [0.717, 1.165) is 25.0 Å². The molecule has 3 rings (SSSR count). The first kappa shape index (κ1) is 15.7. The van der Waals surface area contributed by atoms with Gasteiger partial charge in [0, 0.05) is 25.5 Å². The Labute approximate surface area is 135 Å². The van der Waals surface area contributed by atoms with Gasteiger partial charge in [0.25, 0.3) is 0 Å². The van der Waals surface area contributed by atoms with E-state index in [0.29, 0.717) is 12.4 Å². The van der Waals surface area contributed by atoms with Crippen molar-refractivity contribution in [3.05, 3.63) is 54.1 Å². The number of aromatic nitrogens is 2. The van der Waals surface area contributed by atoms with Crippen LogP contribution < -0.4 is 5.32 Å². The molecule has 2 aromatic rings. The molecular formula is C17H21N3O3. The molecule has 1 aromatic heterocycles. The zero-order valence-electron chi connectivity index (χ0n) is 12.9. The number of nitrogens with zero attached hydrogens (tertiary/aromatic N) is 2. The fourth-order valence-corrected chi connectivity index (χ4v) is 2.73. The van der Waals surface area contributed by atoms with Crippen LogP contribution in [0.15, 0.2) is 42.7 Å². The zero-order valence-corrected chi connectivity index (χ0v) is 12.9. The number of ether oxygens (including phenoxy) is 1. The molecule has 1 amide bonds. The number of carbonyl (C=O) groups excluding carboxylic acids is 1. The van der Waals surface area contributed by atoms with Crippen molar-refractivity contribution >= 4 is 5.91 Å². The number of amides is 1. The van der Waals surface area contributed by atoms with E-state index in [1.165, 1.54) is 0 Å². The second-order valence-electron chi connectivity index (χ2n) is 5.67. The highest BCUT2D eigenvalue weighted by Gasteiger charge is 2.19. The van der Waals surface area contributed by atoms with Crippen LogP contribution >= 0.6 is 0 Å². The van der Waals surface area contributed by atoms with Gasteiger partial charge in [-0.2, -0.15) is 0 Å². The van der Waals surface area contributed by atoms with E-state index < -0.39 is 6.10 Å². The Morgan fingerprint density at radius 2 is 2.26 bits per heavy atom. The Morgan fingerprint density at radius 3 is 3.00 bits per heavy atom. The monoisotopic (exact) mass is 315 g/mol. The van der Waals surface area contributed by atoms with Crippen LogP contribution in [-0.2, 0) is 16.1 Å². The maximum Gasteiger partial charge on any atom is 0.240 e. The summed E-state index contributed by atoms with van der Waals surface area (Å²) in [6, 6.07) is 9.28. The Kier molecular flexibility index (Phi) is 5.05. The van der Waals surface area contributed by atoms with Gasteiger partial charge in [0.1, 0.15) is 18.5 Å². The molecule has 1 fully saturated rings. The summed E-state index contributed by atoms with van der Waals surface area (Å²) in [4.78, 5) is 16.3. The summed E-state index contributed by atoms with van der Waals surface area (Å²) in [6.07, 6.45) is 4.61. The summed E-state index contributed by atoms with van der Waals surface area (Å²) < 4.78 is 7.15. The van der Waals surface area contributed by atoms with Gasteiger partial charge in [-0.25, -0.2) is 4.98 Å². The molecule has 0 saturated carbocycles. The summed E-state index contributed by atoms with van der Waals surface area (Å²) in [6.45, 7) is 1.44. The molecular weight excluding hydrogens is 294 g/mol. The number of aliphatic hydroxyl groups excluding tert-OH is 1. The van der Waals surface area contributed by atoms with Crippen LogP contribution in [0, 0.1) is 0 Å². The molecule has 0 spiro atoms. The van der Waals surface area contributed by atoms with Crippen LogP contribution in [0.3, 0.4) is 0 Å². The molecule has 6 nitrogen and oxygen atoms in total. The van der Waals surface area contributed by atoms with Crippen LogP contribution in [0.4, 0.5) is 0 Å². The van der Waals surface area contributed by atoms with E-state index in [9.17, 15) is 9.90 Å². The molecule has 2 atom stereocenters. The lowest BCUT2D eigenvalue weighted by Crippen LogP contribution is -2.34. The Bertz CT molecular complexity index is 636. The number of hydrogen-bond acceptors (Lipinski definition) is 4. The number of benzene rings is 1. The number of rotatable bonds is 6. The van der Waals surface area contributed by atoms with E-state index in [2.05, 4.69) is 10.3 Å². The maximum absolute atomic E-state index is 12.1. The number of imidazole rings is 1. The SMILES string of the molecule is O=C(Cn1ccnc1[C@H](O)c1ccccc1)NC[C@H]1CCCO1. The summed E-state index contributed by atoms with van der Waals surface area (Å²) in [5.41, 5.74) is 0.750. The minimum Gasteiger partial charge on any atom is -0.380 e. The van der Waals surface area contributed by atoms with Gasteiger partial charge in [0.2, 0.25) is 5.91 Å². The summed E-state index contributed by atoms with van der Waals surface area (Å²) in [7, 11) is 0. The van der Waals surface area contributed by atoms with Crippen LogP contribution in [0.25, 0.3) is 0 Å². The third-order valence-electron chi connectivity index (χ3n) is 3.97. The van der Waals surface area contributed by atoms with Crippen molar-refractivity contribution < 1.29 is 14.6 Å². The number of carbonyl (C=O) groups is 1. The van der Waals surface area contributed by atoms with Crippen molar-refractivity contribution in [3.63, 3.8) is 0 Å². The van der Waals surface area contributed by atoms with Crippen LogP contribution in [0.1, 0.15) is 30.3 Å². The first-order chi connectivity index (χ1) is 11.2. The highest BCUT2D eigenvalue weighted by atomic mass is 16.5. The van der Waals surface area contributed by atoms with Crippen molar-refractivity contribution in [1.29, 1.82) is 0 Å². The second kappa shape index (κ2) is 7.39. The third kappa shape index (κ3) is 3.97. The quantitative estimate of drug-likeness (QED) is 0.841. The number of nitrogens with one attached hydrogen (secondary N) is 1. The average Bonchev–Trinajstić information content (AvgIpc) is 3.25. The van der Waals surface area contributed by atoms with E-state index in [-0.39, 0.29) is 18.6 Å². The molecule has 6 heteroatoms. The van der Waals surface area contributed by atoms with Crippen LogP contribution in [0.5, 0.6) is 0 Å². The highest BCUT2D eigenvalue weighted by molar-refractivity contribution is 5.75. The van der Waals surface area contributed by atoms with Gasteiger partial charge in [-0.3, -0.25) is 4.79 Å². The van der Waals surface area contributed by atoms with Gasteiger partial charge in [0.15, 0.2) is 0 Å². The molecule has 1 saturated heterocycles. The Balaban J connectivity index is 1.60. The van der Waals surface area contributed by atoms with Crippen molar-refractivity contribution in [3.8, 4) is 0 Å². The molecule has 1 aromatic carbocycles. The first-order valence-electron chi connectivity index (χ1n) is 7.86. The normalized spacial score (nSPS) is 18.7. The van der Waals surface area contributed by atoms with Crippen molar-refractivity contribution in [2.75, 3.05) is 13.2 Å². The van der Waals surface area contributed by atoms with Gasteiger partial charge in [0.05, 0.1) is 6.10 Å². The molecule has 2 heterocycles. The molecule has 122 valence electrons. The molecule has 1 aliphatic rings. The fourth-order valence-electron chi connectivity index (χ4n) is 2.73. The lowest BCUT2D eigenvalue weighted by atomic mass is 10.1. The largest absolute Gasteiger partial charge is 0.380 e. The molecule has 0 radical (unpaired) electrons. The van der Waals surface area contributed by atoms with Gasteiger partial charge in [-0.15, -0.1) is 0 Å². The molecule has 23 heavy (non-hydrogen) atoms. The number of aliphatic hydroxyl groups is 1. The maximum atomic E-state index is 12.1. The van der Waals surface area contributed by atoms with Gasteiger partial charge in [-0.1, -0.05) is 30.3 Å². The minimum atomic E-state index is -0.850. The summed E-state index contributed by atoms with van der Waals surface area (Å²) in [5.74, 6) is 0.350. The lowest BCUT2D eigenvalue weighted by Gasteiger charge is -2.15. The molecule has 2 N–H and O–H groups in total. The second-order valence-corrected chi connectivity index (χ2v) is 5.67. The van der Waals surface area contributed by atoms with Crippen LogP contribution in [-0.4, -0.2) is 39.8 Å². The Hall–Kier alpha value is -2.18. The average molecular weight is 315 g/mol. The smallest absolute Gasteiger partial charge is 0.240 e. The lowest BCUT2D eigenvalue weighted by molar-refractivity contribution is -0.122. The van der Waals surface area contributed by atoms with Gasteiger partial charge in [-0.05, 0) is 18.4 Å². The first-order valence-corrected chi connectivity index (χ1v) is 7.86. The molecule has 0 aliphatic carbocycles. The van der Waals surface area contributed by atoms with Gasteiger partial charge < -0.3 is 19.7 Å². The highest BCUT2D eigenvalue weighted by Crippen LogP contribution is 2.20. The number of hydrogen-bond donors (Lipinski definition) is 2. The van der Waals surface area contributed by atoms with Gasteiger partial charge >= 0.3 is 0 Å². The zero-order chi connectivity index (χ0) is 16.1. The predicted molar refractivity (Wildman–Crippen MR) is 84.7 cm³/mol. The minimum absolute atomic E-state index is 0.111. The summed E-state index contributed by atoms with van der Waals surface area (Å²) in [5, 5.41) is 13.3. The van der Waals surface area contributed by atoms with E-state index in [1.54, 1.807) is 17.0 Å². The topological polar surface area (TPSA) is 76.4 Å². The summed E-state index contributed by atoms with van der Waals surface area (Å²) >= 11 is 0.